The molecular formula is C34H33N3O5S. The molecule has 2 atom stereocenters. The minimum atomic E-state index is -0.567. The first-order chi connectivity index (χ1) is 21.0. The molecular weight excluding hydrogens is 562 g/mol. The van der Waals surface area contributed by atoms with E-state index >= 15 is 0 Å². The lowest BCUT2D eigenvalue weighted by Gasteiger charge is -2.36. The molecule has 0 aliphatic carbocycles. The molecule has 220 valence electrons. The molecule has 1 saturated heterocycles. The zero-order valence-electron chi connectivity index (χ0n) is 23.9. The highest BCUT2D eigenvalue weighted by molar-refractivity contribution is 8.16. The molecule has 43 heavy (non-hydrogen) atoms. The van der Waals surface area contributed by atoms with E-state index in [1.165, 1.54) is 11.8 Å². The summed E-state index contributed by atoms with van der Waals surface area (Å²) in [6.07, 6.45) is 2.16. The van der Waals surface area contributed by atoms with E-state index in [-0.39, 0.29) is 25.0 Å². The molecule has 3 aliphatic rings. The average Bonchev–Trinajstić information content (AvgIpc) is 3.69. The van der Waals surface area contributed by atoms with Gasteiger partial charge in [-0.1, -0.05) is 72.4 Å². The predicted molar refractivity (Wildman–Crippen MR) is 166 cm³/mol. The second kappa shape index (κ2) is 13.3. The van der Waals surface area contributed by atoms with Crippen molar-refractivity contribution in [3.63, 3.8) is 0 Å². The van der Waals surface area contributed by atoms with Crippen LogP contribution in [0.15, 0.2) is 112 Å². The van der Waals surface area contributed by atoms with Gasteiger partial charge in [-0.25, -0.2) is 9.79 Å². The van der Waals surface area contributed by atoms with Gasteiger partial charge in [0, 0.05) is 18.8 Å². The Bertz CT molecular complexity index is 1570. The van der Waals surface area contributed by atoms with Crippen LogP contribution in [0.5, 0.6) is 11.5 Å². The van der Waals surface area contributed by atoms with Crippen molar-refractivity contribution in [2.45, 2.75) is 44.9 Å². The van der Waals surface area contributed by atoms with Crippen molar-refractivity contribution in [1.29, 1.82) is 0 Å². The number of carbonyl (C=O) groups excluding carboxylic acids is 2. The van der Waals surface area contributed by atoms with Crippen LogP contribution < -0.4 is 10.1 Å². The Kier molecular flexibility index (Phi) is 8.91. The molecule has 8 nitrogen and oxygen atoms in total. The van der Waals surface area contributed by atoms with Crippen molar-refractivity contribution in [2.24, 2.45) is 4.99 Å². The van der Waals surface area contributed by atoms with Crippen LogP contribution in [0.2, 0.25) is 0 Å². The Labute approximate surface area is 255 Å². The number of carbonyl (C=O) groups is 2. The van der Waals surface area contributed by atoms with Crippen molar-refractivity contribution in [3.8, 4) is 11.5 Å². The quantitative estimate of drug-likeness (QED) is 0.268. The topological polar surface area (TPSA) is 89.5 Å². The largest absolute Gasteiger partial charge is 0.457 e. The number of allylic oxidation sites excluding steroid dienone is 1. The molecule has 9 heteroatoms. The summed E-state index contributed by atoms with van der Waals surface area (Å²) in [5.74, 6) is 0.778. The van der Waals surface area contributed by atoms with E-state index < -0.39 is 12.0 Å². The molecule has 0 bridgehead atoms. The molecule has 0 spiro atoms. The van der Waals surface area contributed by atoms with Gasteiger partial charge in [-0.2, -0.15) is 0 Å². The number of rotatable bonds is 10. The smallest absolute Gasteiger partial charge is 0.338 e. The minimum absolute atomic E-state index is 0.0552. The molecule has 0 aromatic heterocycles. The van der Waals surface area contributed by atoms with Gasteiger partial charge in [0.15, 0.2) is 5.17 Å². The number of para-hydroxylation sites is 1. The highest BCUT2D eigenvalue weighted by Gasteiger charge is 2.41. The van der Waals surface area contributed by atoms with Crippen LogP contribution in [0.4, 0.5) is 0 Å². The van der Waals surface area contributed by atoms with Crippen molar-refractivity contribution >= 4 is 28.8 Å². The fraction of sp³-hybridized carbons (Fsp3) is 0.265. The maximum atomic E-state index is 13.8. The number of hydrogen-bond acceptors (Lipinski definition) is 8. The van der Waals surface area contributed by atoms with E-state index in [0.717, 1.165) is 36.3 Å². The van der Waals surface area contributed by atoms with Crippen molar-refractivity contribution in [3.05, 3.63) is 118 Å². The third-order valence-corrected chi connectivity index (χ3v) is 8.37. The van der Waals surface area contributed by atoms with Gasteiger partial charge in [0.05, 0.1) is 29.8 Å². The van der Waals surface area contributed by atoms with Gasteiger partial charge in [0.25, 0.3) is 0 Å². The SMILES string of the molecule is CC1=C(C(=O)OCc2ccccc2)[C@@H](c2cccc(Oc3ccccc3)c2)N2C(CC(=O)NC[C@@H]3CCCO3)=CSC2=N1. The van der Waals surface area contributed by atoms with Crippen LogP contribution in [0.1, 0.15) is 43.4 Å². The third kappa shape index (κ3) is 6.84. The van der Waals surface area contributed by atoms with Gasteiger partial charge in [-0.05, 0) is 60.6 Å². The molecule has 1 amide bonds. The van der Waals surface area contributed by atoms with Crippen LogP contribution in [-0.4, -0.2) is 41.2 Å². The monoisotopic (exact) mass is 595 g/mol. The van der Waals surface area contributed by atoms with E-state index in [2.05, 4.69) is 5.32 Å². The lowest BCUT2D eigenvalue weighted by Crippen LogP contribution is -2.38. The Morgan fingerprint density at radius 1 is 1.02 bits per heavy atom. The Morgan fingerprint density at radius 2 is 1.79 bits per heavy atom. The molecule has 3 aromatic carbocycles. The number of esters is 1. The average molecular weight is 596 g/mol. The first-order valence-corrected chi connectivity index (χ1v) is 15.3. The summed E-state index contributed by atoms with van der Waals surface area (Å²) in [5.41, 5.74) is 3.47. The second-order valence-electron chi connectivity index (χ2n) is 10.6. The van der Waals surface area contributed by atoms with Crippen LogP contribution >= 0.6 is 11.8 Å². The van der Waals surface area contributed by atoms with Gasteiger partial charge in [0.2, 0.25) is 5.91 Å². The fourth-order valence-corrected chi connectivity index (χ4v) is 6.34. The second-order valence-corrected chi connectivity index (χ2v) is 11.4. The zero-order valence-corrected chi connectivity index (χ0v) is 24.7. The summed E-state index contributed by atoms with van der Waals surface area (Å²) < 4.78 is 17.6. The summed E-state index contributed by atoms with van der Waals surface area (Å²) in [4.78, 5) is 33.6. The summed E-state index contributed by atoms with van der Waals surface area (Å²) in [6, 6.07) is 26.2. The van der Waals surface area contributed by atoms with Gasteiger partial charge < -0.3 is 24.4 Å². The number of amides is 1. The lowest BCUT2D eigenvalue weighted by atomic mass is 9.93. The molecule has 3 aromatic rings. The maximum absolute atomic E-state index is 13.8. The number of ether oxygens (including phenoxy) is 3. The van der Waals surface area contributed by atoms with Crippen LogP contribution in [0.3, 0.4) is 0 Å². The number of thioether (sulfide) groups is 1. The molecule has 3 aliphatic heterocycles. The van der Waals surface area contributed by atoms with Gasteiger partial charge in [0.1, 0.15) is 18.1 Å². The zero-order chi connectivity index (χ0) is 29.6. The number of hydrogen-bond donors (Lipinski definition) is 1. The summed E-state index contributed by atoms with van der Waals surface area (Å²) in [7, 11) is 0. The Hall–Kier alpha value is -4.34. The first-order valence-electron chi connectivity index (χ1n) is 14.4. The minimum Gasteiger partial charge on any atom is -0.457 e. The molecule has 6 rings (SSSR count). The summed E-state index contributed by atoms with van der Waals surface area (Å²) in [5, 5.41) is 5.66. The number of benzene rings is 3. The maximum Gasteiger partial charge on any atom is 0.338 e. The van der Waals surface area contributed by atoms with Crippen LogP contribution in [0.25, 0.3) is 0 Å². The number of aliphatic imine (C=N–C) groups is 1. The van der Waals surface area contributed by atoms with Crippen molar-refractivity contribution in [2.75, 3.05) is 13.2 Å². The number of fused-ring (bicyclic) bond motifs is 1. The van der Waals surface area contributed by atoms with E-state index in [1.807, 2.05) is 102 Å². The highest BCUT2D eigenvalue weighted by atomic mass is 32.2. The van der Waals surface area contributed by atoms with Crippen LogP contribution in [0, 0.1) is 0 Å². The van der Waals surface area contributed by atoms with E-state index in [0.29, 0.717) is 34.5 Å². The number of nitrogens with one attached hydrogen (secondary N) is 1. The predicted octanol–water partition coefficient (Wildman–Crippen LogP) is 6.48. The summed E-state index contributed by atoms with van der Waals surface area (Å²) in [6.45, 7) is 3.19. The number of nitrogens with zero attached hydrogens (tertiary/aromatic N) is 2. The molecule has 0 radical (unpaired) electrons. The van der Waals surface area contributed by atoms with E-state index in [9.17, 15) is 9.59 Å². The normalized spacial score (nSPS) is 19.4. The standard InChI is InChI=1S/C34H33N3O5S/c1-23-31(33(39)41-21-24-10-4-2-5-11-24)32(25-12-8-15-28(18-25)42-27-13-6-3-7-14-27)37-26(22-43-34(37)36-23)19-30(38)35-20-29-16-9-17-40-29/h2-8,10-15,18,22,29,32H,9,16-17,19-21H2,1H3,(H,35,38)/t29-,32+/m0/s1. The highest BCUT2D eigenvalue weighted by Crippen LogP contribution is 2.45. The van der Waals surface area contributed by atoms with Gasteiger partial charge in [-0.3, -0.25) is 4.79 Å². The Morgan fingerprint density at radius 3 is 2.56 bits per heavy atom. The lowest BCUT2D eigenvalue weighted by molar-refractivity contribution is -0.141. The molecule has 0 unspecified atom stereocenters. The molecule has 0 saturated carbocycles. The fourth-order valence-electron chi connectivity index (χ4n) is 5.38. The van der Waals surface area contributed by atoms with Gasteiger partial charge in [-0.15, -0.1) is 0 Å². The van der Waals surface area contributed by atoms with E-state index in [1.54, 1.807) is 0 Å². The molecule has 1 fully saturated rings. The van der Waals surface area contributed by atoms with Crippen molar-refractivity contribution in [1.82, 2.24) is 10.2 Å². The van der Waals surface area contributed by atoms with Crippen LogP contribution in [-0.2, 0) is 25.7 Å². The van der Waals surface area contributed by atoms with Gasteiger partial charge >= 0.3 is 5.97 Å². The Balaban J connectivity index is 1.29. The molecule has 1 N–H and O–H groups in total. The number of amidine groups is 1. The first kappa shape index (κ1) is 28.8. The van der Waals surface area contributed by atoms with Crippen molar-refractivity contribution < 1.29 is 23.8 Å². The molecule has 3 heterocycles. The van der Waals surface area contributed by atoms with E-state index in [4.69, 9.17) is 19.2 Å². The summed E-state index contributed by atoms with van der Waals surface area (Å²) >= 11 is 1.44. The third-order valence-electron chi connectivity index (χ3n) is 7.48.